The van der Waals surface area contributed by atoms with Crippen LogP contribution in [0.2, 0.25) is 0 Å². The van der Waals surface area contributed by atoms with Crippen molar-refractivity contribution in [2.45, 2.75) is 65.8 Å². The van der Waals surface area contributed by atoms with Gasteiger partial charge in [0.2, 0.25) is 11.6 Å². The summed E-state index contributed by atoms with van der Waals surface area (Å²) >= 11 is 0. The van der Waals surface area contributed by atoms with Crippen molar-refractivity contribution >= 4 is 17.5 Å². The Balaban J connectivity index is 2.11. The zero-order valence-corrected chi connectivity index (χ0v) is 18.7. The molecule has 7 nitrogen and oxygen atoms in total. The minimum atomic E-state index is -1.40. The maximum Gasteiger partial charge on any atom is 0.328 e. The Kier molecular flexibility index (Phi) is 8.01. The van der Waals surface area contributed by atoms with Crippen LogP contribution in [0.25, 0.3) is 0 Å². The number of aliphatic carboxylic acids is 1. The molecule has 7 heteroatoms. The molecule has 2 aliphatic rings. The highest BCUT2D eigenvalue weighted by molar-refractivity contribution is 6.48. The van der Waals surface area contributed by atoms with Crippen molar-refractivity contribution in [3.8, 4) is 0 Å². The van der Waals surface area contributed by atoms with Crippen LogP contribution in [0.15, 0.2) is 46.4 Å². The maximum atomic E-state index is 12.3. The third-order valence-corrected chi connectivity index (χ3v) is 6.78. The van der Waals surface area contributed by atoms with Gasteiger partial charge in [-0.1, -0.05) is 37.1 Å². The SMILES string of the molecule is CC1=CCC[C@](C)(CC/C(C)=C/CC2=C(O)C(N[C@H](CO)C(=O)O)=CC(=O)C2=O)[C@@H]1C. The minimum absolute atomic E-state index is 0.0727. The molecule has 0 aromatic carbocycles. The first kappa shape index (κ1) is 24.6. The lowest BCUT2D eigenvalue weighted by Gasteiger charge is -2.40. The molecular formula is C24H33NO6. The van der Waals surface area contributed by atoms with E-state index in [0.29, 0.717) is 5.92 Å². The van der Waals surface area contributed by atoms with Crippen LogP contribution >= 0.6 is 0 Å². The lowest BCUT2D eigenvalue weighted by Crippen LogP contribution is -2.41. The number of allylic oxidation sites excluding steroid dienone is 6. The molecule has 0 fully saturated rings. The van der Waals surface area contributed by atoms with Crippen LogP contribution in [0.5, 0.6) is 0 Å². The van der Waals surface area contributed by atoms with Crippen molar-refractivity contribution in [1.82, 2.24) is 5.32 Å². The van der Waals surface area contributed by atoms with Crippen molar-refractivity contribution in [1.29, 1.82) is 0 Å². The number of carbonyl (C=O) groups excluding carboxylic acids is 2. The number of carbonyl (C=O) groups is 3. The molecule has 0 aromatic rings. The summed E-state index contributed by atoms with van der Waals surface area (Å²) < 4.78 is 0. The molecule has 0 unspecified atom stereocenters. The molecule has 170 valence electrons. The van der Waals surface area contributed by atoms with Gasteiger partial charge in [0.05, 0.1) is 17.9 Å². The largest absolute Gasteiger partial charge is 0.505 e. The van der Waals surface area contributed by atoms with Gasteiger partial charge in [0.1, 0.15) is 11.8 Å². The molecule has 0 radical (unpaired) electrons. The molecular weight excluding hydrogens is 398 g/mol. The van der Waals surface area contributed by atoms with Gasteiger partial charge >= 0.3 is 5.97 Å². The molecule has 0 heterocycles. The number of carboxylic acids is 1. The molecule has 0 saturated carbocycles. The summed E-state index contributed by atoms with van der Waals surface area (Å²) in [4.78, 5) is 35.4. The summed E-state index contributed by atoms with van der Waals surface area (Å²) in [6.45, 7) is 7.98. The van der Waals surface area contributed by atoms with E-state index in [2.05, 4.69) is 32.2 Å². The van der Waals surface area contributed by atoms with E-state index in [9.17, 15) is 19.5 Å². The fourth-order valence-corrected chi connectivity index (χ4v) is 4.13. The van der Waals surface area contributed by atoms with Crippen molar-refractivity contribution in [2.24, 2.45) is 11.3 Å². The normalized spacial score (nSPS) is 25.8. The summed E-state index contributed by atoms with van der Waals surface area (Å²) in [7, 11) is 0. The lowest BCUT2D eigenvalue weighted by molar-refractivity contribution is -0.140. The second-order valence-electron chi connectivity index (χ2n) is 8.91. The van der Waals surface area contributed by atoms with Crippen LogP contribution in [0, 0.1) is 11.3 Å². The molecule has 2 aliphatic carbocycles. The Morgan fingerprint density at radius 1 is 1.39 bits per heavy atom. The van der Waals surface area contributed by atoms with E-state index >= 15 is 0 Å². The number of rotatable bonds is 9. The zero-order valence-electron chi connectivity index (χ0n) is 18.7. The molecule has 0 aliphatic heterocycles. The van der Waals surface area contributed by atoms with E-state index in [0.717, 1.165) is 37.3 Å². The van der Waals surface area contributed by atoms with Gasteiger partial charge in [0.15, 0.2) is 0 Å². The van der Waals surface area contributed by atoms with Crippen LogP contribution in [0.1, 0.15) is 59.8 Å². The van der Waals surface area contributed by atoms with Gasteiger partial charge in [-0.15, -0.1) is 0 Å². The Morgan fingerprint density at radius 2 is 2.06 bits per heavy atom. The lowest BCUT2D eigenvalue weighted by atomic mass is 9.65. The summed E-state index contributed by atoms with van der Waals surface area (Å²) in [6.07, 6.45) is 9.14. The van der Waals surface area contributed by atoms with Crippen molar-refractivity contribution in [2.75, 3.05) is 6.61 Å². The maximum absolute atomic E-state index is 12.3. The molecule has 0 saturated heterocycles. The van der Waals surface area contributed by atoms with Crippen LogP contribution in [0.3, 0.4) is 0 Å². The number of hydrogen-bond acceptors (Lipinski definition) is 6. The molecule has 0 aromatic heterocycles. The van der Waals surface area contributed by atoms with Gasteiger partial charge in [-0.25, -0.2) is 4.79 Å². The van der Waals surface area contributed by atoms with Crippen LogP contribution in [-0.4, -0.2) is 45.5 Å². The second-order valence-corrected chi connectivity index (χ2v) is 8.91. The highest BCUT2D eigenvalue weighted by Crippen LogP contribution is 2.45. The van der Waals surface area contributed by atoms with Gasteiger partial charge in [-0.2, -0.15) is 0 Å². The van der Waals surface area contributed by atoms with E-state index in [1.807, 2.05) is 13.0 Å². The number of aliphatic hydroxyl groups is 2. The van der Waals surface area contributed by atoms with E-state index in [4.69, 9.17) is 10.2 Å². The third kappa shape index (κ3) is 5.73. The van der Waals surface area contributed by atoms with E-state index in [-0.39, 0.29) is 23.1 Å². The third-order valence-electron chi connectivity index (χ3n) is 6.78. The fourth-order valence-electron chi connectivity index (χ4n) is 4.13. The van der Waals surface area contributed by atoms with Gasteiger partial charge < -0.3 is 20.6 Å². The summed E-state index contributed by atoms with van der Waals surface area (Å²) in [5.41, 5.74) is 2.45. The number of hydrogen-bond donors (Lipinski definition) is 4. The highest BCUT2D eigenvalue weighted by Gasteiger charge is 2.34. The summed E-state index contributed by atoms with van der Waals surface area (Å²) in [5.74, 6) is -2.94. The molecule has 4 N–H and O–H groups in total. The van der Waals surface area contributed by atoms with Crippen LogP contribution < -0.4 is 5.32 Å². The van der Waals surface area contributed by atoms with Gasteiger partial charge in [0.25, 0.3) is 0 Å². The smallest absolute Gasteiger partial charge is 0.328 e. The standard InChI is InChI=1S/C24H33NO6/c1-14(9-11-24(4)10-5-6-15(2)16(24)3)7-8-17-21(28)18(12-20(27)22(17)29)25-19(13-26)23(30)31/h6-7,12,16,19,25-26,28H,5,8-11,13H2,1-4H3,(H,30,31)/b14-7+/t16-,19-,24-/m1/s1. The van der Waals surface area contributed by atoms with Crippen molar-refractivity contribution in [3.05, 3.63) is 46.4 Å². The van der Waals surface area contributed by atoms with E-state index in [1.165, 1.54) is 5.57 Å². The van der Waals surface area contributed by atoms with Gasteiger partial charge in [-0.05, 0) is 57.3 Å². The fraction of sp³-hybridized carbons (Fsp3) is 0.542. The van der Waals surface area contributed by atoms with Gasteiger partial charge in [0, 0.05) is 6.08 Å². The Morgan fingerprint density at radius 3 is 2.68 bits per heavy atom. The highest BCUT2D eigenvalue weighted by atomic mass is 16.4. The molecule has 31 heavy (non-hydrogen) atoms. The average Bonchev–Trinajstić information content (AvgIpc) is 2.72. The quantitative estimate of drug-likeness (QED) is 0.251. The van der Waals surface area contributed by atoms with Gasteiger partial charge in [-0.3, -0.25) is 9.59 Å². The monoisotopic (exact) mass is 431 g/mol. The molecule has 0 spiro atoms. The number of aliphatic hydroxyl groups excluding tert-OH is 2. The van der Waals surface area contributed by atoms with E-state index in [1.54, 1.807) is 0 Å². The van der Waals surface area contributed by atoms with Crippen LogP contribution in [-0.2, 0) is 14.4 Å². The molecule has 0 amide bonds. The minimum Gasteiger partial charge on any atom is -0.505 e. The second kappa shape index (κ2) is 10.1. The Labute approximate surface area is 183 Å². The number of Topliss-reactive ketones (excluding diaryl/α,β-unsaturated/α-hetero) is 1. The first-order chi connectivity index (χ1) is 14.5. The average molecular weight is 432 g/mol. The zero-order chi connectivity index (χ0) is 23.3. The van der Waals surface area contributed by atoms with Crippen LogP contribution in [0.4, 0.5) is 0 Å². The number of carboxylic acid groups (broad SMARTS) is 1. The number of ketones is 2. The summed E-state index contributed by atoms with van der Waals surface area (Å²) in [6, 6.07) is -1.40. The Bertz CT molecular complexity index is 879. The Hall–Kier alpha value is -2.67. The predicted molar refractivity (Wildman–Crippen MR) is 117 cm³/mol. The predicted octanol–water partition coefficient (Wildman–Crippen LogP) is 3.37. The number of nitrogens with one attached hydrogen (secondary N) is 1. The topological polar surface area (TPSA) is 124 Å². The van der Waals surface area contributed by atoms with E-state index < -0.39 is 35.9 Å². The molecule has 3 atom stereocenters. The van der Waals surface area contributed by atoms with Crippen molar-refractivity contribution in [3.63, 3.8) is 0 Å². The summed E-state index contributed by atoms with van der Waals surface area (Å²) in [5, 5.41) is 31.1. The first-order valence-corrected chi connectivity index (χ1v) is 10.7. The molecule has 2 rings (SSSR count). The molecule has 0 bridgehead atoms. The first-order valence-electron chi connectivity index (χ1n) is 10.7. The van der Waals surface area contributed by atoms with Crippen molar-refractivity contribution < 1.29 is 29.7 Å².